The molecule has 180 valence electrons. The molecule has 2 atom stereocenters. The number of hydrogen-bond donors (Lipinski definition) is 0. The smallest absolute Gasteiger partial charge is 0.192 e. The third-order valence-corrected chi connectivity index (χ3v) is 17.9. The first-order chi connectivity index (χ1) is 13.1. The molecule has 0 fully saturated rings. The zero-order valence-corrected chi connectivity index (χ0v) is 26.2. The monoisotopic (exact) mass is 472 g/mol. The van der Waals surface area contributed by atoms with Crippen molar-refractivity contribution in [2.45, 2.75) is 136 Å². The fourth-order valence-electron chi connectivity index (χ4n) is 3.01. The summed E-state index contributed by atoms with van der Waals surface area (Å²) in [5.41, 5.74) is 1.44. The molecule has 0 aliphatic heterocycles. The van der Waals surface area contributed by atoms with Crippen molar-refractivity contribution in [3.05, 3.63) is 12.2 Å². The van der Waals surface area contributed by atoms with Crippen LogP contribution < -0.4 is 0 Å². The summed E-state index contributed by atoms with van der Waals surface area (Å²) in [6, 6.07) is 1.23. The van der Waals surface area contributed by atoms with E-state index in [4.69, 9.17) is 8.85 Å². The van der Waals surface area contributed by atoms with Crippen LogP contribution in [0.5, 0.6) is 0 Å². The van der Waals surface area contributed by atoms with Crippen LogP contribution in [0.25, 0.3) is 0 Å². The van der Waals surface area contributed by atoms with Gasteiger partial charge in [-0.3, -0.25) is 0 Å². The van der Waals surface area contributed by atoms with Crippen LogP contribution in [0, 0.1) is 5.92 Å². The van der Waals surface area contributed by atoms with Gasteiger partial charge in [0.2, 0.25) is 0 Å². The lowest BCUT2D eigenvalue weighted by atomic mass is 9.96. The molecule has 0 aromatic carbocycles. The summed E-state index contributed by atoms with van der Waals surface area (Å²) in [5.74, 6) is 0.573. The van der Waals surface area contributed by atoms with Crippen LogP contribution in [0.2, 0.25) is 61.9 Å². The summed E-state index contributed by atoms with van der Waals surface area (Å²) in [4.78, 5) is 0. The van der Waals surface area contributed by atoms with E-state index in [0.717, 1.165) is 19.4 Å². The van der Waals surface area contributed by atoms with E-state index >= 15 is 0 Å². The fraction of sp³-hybridized carbons (Fsp3) is 0.920. The van der Waals surface area contributed by atoms with Gasteiger partial charge >= 0.3 is 0 Å². The van der Waals surface area contributed by atoms with Gasteiger partial charge in [0.15, 0.2) is 16.6 Å². The molecular weight excluding hydrogens is 417 g/mol. The number of hydrogen-bond acceptors (Lipinski definition) is 2. The lowest BCUT2D eigenvalue weighted by Crippen LogP contribution is -2.45. The molecule has 0 aromatic heterocycles. The maximum atomic E-state index is 6.89. The molecule has 0 aliphatic rings. The van der Waals surface area contributed by atoms with Gasteiger partial charge < -0.3 is 8.85 Å². The molecule has 0 bridgehead atoms. The average Bonchev–Trinajstić information content (AvgIpc) is 2.47. The first kappa shape index (κ1) is 30.3. The van der Waals surface area contributed by atoms with Crippen molar-refractivity contribution in [1.82, 2.24) is 0 Å². The minimum atomic E-state index is -1.80. The van der Waals surface area contributed by atoms with Crippen LogP contribution in [0.15, 0.2) is 12.2 Å². The molecule has 0 saturated carbocycles. The number of rotatable bonds is 12. The van der Waals surface area contributed by atoms with Crippen LogP contribution in [0.3, 0.4) is 0 Å². The third-order valence-electron chi connectivity index (χ3n) is 7.35. The van der Waals surface area contributed by atoms with E-state index in [2.05, 4.69) is 101 Å². The highest BCUT2D eigenvalue weighted by atomic mass is 28.4. The predicted octanol–water partition coefficient (Wildman–Crippen LogP) is 9.10. The van der Waals surface area contributed by atoms with Gasteiger partial charge in [-0.25, -0.2) is 0 Å². The van der Waals surface area contributed by atoms with Crippen LogP contribution >= 0.6 is 0 Å². The first-order valence-corrected chi connectivity index (χ1v) is 21.6. The van der Waals surface area contributed by atoms with Crippen LogP contribution in [-0.2, 0) is 8.85 Å². The Morgan fingerprint density at radius 2 is 1.23 bits per heavy atom. The molecule has 0 rings (SSSR count). The van der Waals surface area contributed by atoms with E-state index in [1.165, 1.54) is 18.0 Å². The van der Waals surface area contributed by atoms with Crippen molar-refractivity contribution in [3.8, 4) is 0 Å². The van der Waals surface area contributed by atoms with Crippen molar-refractivity contribution in [1.29, 1.82) is 0 Å². The molecule has 2 nitrogen and oxygen atoms in total. The van der Waals surface area contributed by atoms with Crippen molar-refractivity contribution in [3.63, 3.8) is 0 Å². The quantitative estimate of drug-likeness (QED) is 0.208. The van der Waals surface area contributed by atoms with Gasteiger partial charge in [-0.2, -0.15) is 0 Å². The maximum Gasteiger partial charge on any atom is 0.192 e. The van der Waals surface area contributed by atoms with E-state index in [-0.39, 0.29) is 16.2 Å². The SMILES string of the molecule is C=C(C[Si](C)(C)C)[C@@H](C)CC[C@@H](CCO[Si](C)(C)C(C)(C)C)O[Si](C)(C)C(C)(C)C. The Balaban J connectivity index is 5.11. The molecular formula is C25H56O2Si3. The molecule has 0 unspecified atom stereocenters. The third kappa shape index (κ3) is 10.8. The maximum absolute atomic E-state index is 6.89. The minimum absolute atomic E-state index is 0.235. The summed E-state index contributed by atoms with van der Waals surface area (Å²) in [7, 11) is -4.61. The zero-order chi connectivity index (χ0) is 24.2. The Morgan fingerprint density at radius 3 is 1.63 bits per heavy atom. The highest BCUT2D eigenvalue weighted by Crippen LogP contribution is 2.39. The van der Waals surface area contributed by atoms with E-state index in [1.54, 1.807) is 0 Å². The summed E-state index contributed by atoms with van der Waals surface area (Å²) >= 11 is 0. The van der Waals surface area contributed by atoms with Gasteiger partial charge in [0.25, 0.3) is 0 Å². The molecule has 0 spiro atoms. The highest BCUT2D eigenvalue weighted by molar-refractivity contribution is 6.76. The molecule has 30 heavy (non-hydrogen) atoms. The largest absolute Gasteiger partial charge is 0.417 e. The van der Waals surface area contributed by atoms with Gasteiger partial charge in [-0.15, -0.1) is 0 Å². The van der Waals surface area contributed by atoms with Gasteiger partial charge in [0.1, 0.15) is 0 Å². The summed E-state index contributed by atoms with van der Waals surface area (Å²) in [6.07, 6.45) is 3.58. The fourth-order valence-corrected chi connectivity index (χ4v) is 7.21. The van der Waals surface area contributed by atoms with Crippen LogP contribution in [0.4, 0.5) is 0 Å². The Labute approximate surface area is 193 Å². The molecule has 0 aromatic rings. The Hall–Kier alpha value is 0.311. The average molecular weight is 473 g/mol. The Kier molecular flexibility index (Phi) is 11.1. The topological polar surface area (TPSA) is 18.5 Å². The molecule has 0 aliphatic carbocycles. The lowest BCUT2D eigenvalue weighted by molar-refractivity contribution is 0.129. The normalized spacial score (nSPS) is 16.5. The van der Waals surface area contributed by atoms with Crippen LogP contribution in [0.1, 0.15) is 67.7 Å². The van der Waals surface area contributed by atoms with Gasteiger partial charge in [0.05, 0.1) is 0 Å². The number of allylic oxidation sites excluding steroid dienone is 1. The van der Waals surface area contributed by atoms with E-state index < -0.39 is 24.7 Å². The van der Waals surface area contributed by atoms with Crippen LogP contribution in [-0.4, -0.2) is 37.4 Å². The molecule has 0 N–H and O–H groups in total. The predicted molar refractivity (Wildman–Crippen MR) is 146 cm³/mol. The standard InChI is InChI=1S/C25H56O2Si3/c1-21(22(2)20-28(9,10)11)16-17-23(27-30(14,15)25(6,7)8)18-19-26-29(12,13)24(3,4)5/h21,23H,2,16-20H2,1,3-15H3/t21-,23-/m0/s1. The Morgan fingerprint density at radius 1 is 0.767 bits per heavy atom. The second-order valence-electron chi connectivity index (χ2n) is 13.8. The summed E-state index contributed by atoms with van der Waals surface area (Å²) in [6.45, 7) is 38.3. The second kappa shape index (κ2) is 11.0. The van der Waals surface area contributed by atoms with Gasteiger partial charge in [-0.1, -0.05) is 80.3 Å². The zero-order valence-electron chi connectivity index (χ0n) is 23.2. The van der Waals surface area contributed by atoms with Crippen molar-refractivity contribution in [2.75, 3.05) is 6.61 Å². The first-order valence-electron chi connectivity index (χ1n) is 12.1. The molecule has 0 heterocycles. The van der Waals surface area contributed by atoms with Gasteiger partial charge in [-0.05, 0) is 67.5 Å². The second-order valence-corrected chi connectivity index (χ2v) is 28.8. The minimum Gasteiger partial charge on any atom is -0.417 e. The van der Waals surface area contributed by atoms with Crippen molar-refractivity contribution in [2.24, 2.45) is 5.92 Å². The lowest BCUT2D eigenvalue weighted by Gasteiger charge is -2.40. The summed E-state index contributed by atoms with van der Waals surface area (Å²) < 4.78 is 13.4. The molecule has 0 amide bonds. The summed E-state index contributed by atoms with van der Waals surface area (Å²) in [5, 5.41) is 0.491. The highest BCUT2D eigenvalue weighted by Gasteiger charge is 2.40. The molecule has 0 radical (unpaired) electrons. The van der Waals surface area contributed by atoms with Crippen molar-refractivity contribution >= 4 is 24.7 Å². The van der Waals surface area contributed by atoms with E-state index in [9.17, 15) is 0 Å². The van der Waals surface area contributed by atoms with E-state index in [0.29, 0.717) is 5.92 Å². The van der Waals surface area contributed by atoms with E-state index in [1.807, 2.05) is 0 Å². The Bertz CT molecular complexity index is 534. The molecule has 5 heteroatoms. The molecule has 0 saturated heterocycles. The van der Waals surface area contributed by atoms with Gasteiger partial charge in [0, 0.05) is 20.8 Å². The van der Waals surface area contributed by atoms with Crippen molar-refractivity contribution < 1.29 is 8.85 Å².